The van der Waals surface area contributed by atoms with Gasteiger partial charge in [0.25, 0.3) is 0 Å². The molecule has 0 rings (SSSR count). The van der Waals surface area contributed by atoms with Crippen molar-refractivity contribution in [2.75, 3.05) is 24.7 Å². The van der Waals surface area contributed by atoms with Gasteiger partial charge in [0.15, 0.2) is 0 Å². The van der Waals surface area contributed by atoms with Gasteiger partial charge in [-0.3, -0.25) is 4.79 Å². The number of rotatable bonds is 8. The Morgan fingerprint density at radius 2 is 1.82 bits per heavy atom. The van der Waals surface area contributed by atoms with E-state index in [1.807, 2.05) is 4.72 Å². The maximum absolute atomic E-state index is 11.3. The molecule has 102 valence electrons. The van der Waals surface area contributed by atoms with E-state index in [-0.39, 0.29) is 19.6 Å². The number of nitrogens with one attached hydrogen (secondary N) is 1. The van der Waals surface area contributed by atoms with Gasteiger partial charge >= 0.3 is 5.97 Å². The van der Waals surface area contributed by atoms with E-state index < -0.39 is 37.5 Å². The summed E-state index contributed by atoms with van der Waals surface area (Å²) in [5.41, 5.74) is 0. The number of carbonyl (C=O) groups excluding carboxylic acids is 1. The zero-order valence-electron chi connectivity index (χ0n) is 9.38. The number of sulfonamides is 2. The van der Waals surface area contributed by atoms with Crippen molar-refractivity contribution in [3.05, 3.63) is 0 Å². The highest BCUT2D eigenvalue weighted by Gasteiger charge is 2.14. The smallest absolute Gasteiger partial charge is 0.306 e. The number of ether oxygens (including phenoxy) is 1. The second-order valence-corrected chi connectivity index (χ2v) is 6.80. The lowest BCUT2D eigenvalue weighted by Gasteiger charge is -2.05. The maximum atomic E-state index is 11.3. The molecule has 0 radical (unpaired) electrons. The van der Waals surface area contributed by atoms with E-state index in [2.05, 4.69) is 9.88 Å². The van der Waals surface area contributed by atoms with Gasteiger partial charge in [-0.2, -0.15) is 0 Å². The molecule has 17 heavy (non-hydrogen) atoms. The molecule has 0 spiro atoms. The number of hydrogen-bond acceptors (Lipinski definition) is 6. The fraction of sp³-hybridized carbons (Fsp3) is 0.857. The molecule has 0 amide bonds. The summed E-state index contributed by atoms with van der Waals surface area (Å²) in [7, 11) is -7.39. The summed E-state index contributed by atoms with van der Waals surface area (Å²) < 4.78 is 50.2. The van der Waals surface area contributed by atoms with Crippen molar-refractivity contribution in [2.45, 2.75) is 13.3 Å². The first-order valence-electron chi connectivity index (χ1n) is 4.79. The Hall–Kier alpha value is -0.710. The van der Waals surface area contributed by atoms with E-state index in [0.29, 0.717) is 0 Å². The van der Waals surface area contributed by atoms with Crippen molar-refractivity contribution in [1.29, 1.82) is 0 Å². The molecular formula is C7H16N2O6S2. The average Bonchev–Trinajstić information content (AvgIpc) is 2.13. The normalized spacial score (nSPS) is 12.4. The topological polar surface area (TPSA) is 133 Å². The lowest BCUT2D eigenvalue weighted by Crippen LogP contribution is -2.33. The monoisotopic (exact) mass is 288 g/mol. The third-order valence-corrected chi connectivity index (χ3v) is 3.75. The van der Waals surface area contributed by atoms with Crippen LogP contribution in [0.2, 0.25) is 0 Å². The molecule has 0 aliphatic rings. The first kappa shape index (κ1) is 16.3. The van der Waals surface area contributed by atoms with Gasteiger partial charge in [-0.05, 0) is 6.92 Å². The van der Waals surface area contributed by atoms with Crippen LogP contribution in [0.25, 0.3) is 0 Å². The first-order valence-corrected chi connectivity index (χ1v) is 8.16. The summed E-state index contributed by atoms with van der Waals surface area (Å²) in [5.74, 6) is -1.56. The summed E-state index contributed by atoms with van der Waals surface area (Å²) in [6.45, 7) is 1.47. The van der Waals surface area contributed by atoms with Crippen molar-refractivity contribution in [2.24, 2.45) is 5.14 Å². The van der Waals surface area contributed by atoms with E-state index in [1.54, 1.807) is 6.92 Å². The standard InChI is InChI=1S/C7H16N2O6S2/c1-2-15-7(10)3-5-17(13,14)9-4-6-16(8,11)12/h9H,2-6H2,1H3,(H2,8,11,12). The van der Waals surface area contributed by atoms with Gasteiger partial charge in [-0.15, -0.1) is 0 Å². The Balaban J connectivity index is 4.01. The molecule has 0 aromatic heterocycles. The van der Waals surface area contributed by atoms with E-state index >= 15 is 0 Å². The van der Waals surface area contributed by atoms with Crippen LogP contribution in [0.3, 0.4) is 0 Å². The quantitative estimate of drug-likeness (QED) is 0.504. The Labute approximate surface area is 101 Å². The van der Waals surface area contributed by atoms with Gasteiger partial charge in [0.1, 0.15) is 0 Å². The molecule has 8 nitrogen and oxygen atoms in total. The van der Waals surface area contributed by atoms with Crippen LogP contribution < -0.4 is 9.86 Å². The molecule has 0 unspecified atom stereocenters. The highest BCUT2D eigenvalue weighted by Crippen LogP contribution is 1.93. The fourth-order valence-electron chi connectivity index (χ4n) is 0.862. The van der Waals surface area contributed by atoms with Crippen LogP contribution in [0.4, 0.5) is 0 Å². The van der Waals surface area contributed by atoms with Crippen molar-refractivity contribution in [1.82, 2.24) is 4.72 Å². The highest BCUT2D eigenvalue weighted by atomic mass is 32.2. The van der Waals surface area contributed by atoms with Gasteiger partial charge in [0.05, 0.1) is 24.5 Å². The van der Waals surface area contributed by atoms with Gasteiger partial charge in [0.2, 0.25) is 20.0 Å². The number of esters is 1. The Morgan fingerprint density at radius 3 is 2.29 bits per heavy atom. The molecule has 0 atom stereocenters. The SMILES string of the molecule is CCOC(=O)CCS(=O)(=O)NCCS(N)(=O)=O. The minimum Gasteiger partial charge on any atom is -0.466 e. The van der Waals surface area contributed by atoms with Crippen LogP contribution in [0.1, 0.15) is 13.3 Å². The molecule has 3 N–H and O–H groups in total. The van der Waals surface area contributed by atoms with Crippen LogP contribution >= 0.6 is 0 Å². The number of hydrogen-bond donors (Lipinski definition) is 2. The molecule has 0 aromatic carbocycles. The predicted molar refractivity (Wildman–Crippen MR) is 61.0 cm³/mol. The van der Waals surface area contributed by atoms with Crippen molar-refractivity contribution >= 4 is 26.0 Å². The van der Waals surface area contributed by atoms with Crippen LogP contribution in [0.5, 0.6) is 0 Å². The van der Waals surface area contributed by atoms with E-state index in [0.717, 1.165) is 0 Å². The van der Waals surface area contributed by atoms with Crippen molar-refractivity contribution in [3.63, 3.8) is 0 Å². The Kier molecular flexibility index (Phi) is 6.60. The minimum absolute atomic E-state index is 0.178. The van der Waals surface area contributed by atoms with E-state index in [4.69, 9.17) is 0 Å². The summed E-state index contributed by atoms with van der Waals surface area (Å²) in [5, 5.41) is 4.69. The third kappa shape index (κ3) is 10.2. The molecule has 0 saturated carbocycles. The first-order chi connectivity index (χ1) is 7.66. The zero-order valence-corrected chi connectivity index (χ0v) is 11.0. The largest absolute Gasteiger partial charge is 0.466 e. The van der Waals surface area contributed by atoms with Gasteiger partial charge in [0, 0.05) is 6.54 Å². The Bertz CT molecular complexity index is 441. The zero-order chi connectivity index (χ0) is 13.5. The van der Waals surface area contributed by atoms with Crippen molar-refractivity contribution in [3.8, 4) is 0 Å². The minimum atomic E-state index is -3.71. The van der Waals surface area contributed by atoms with Crippen molar-refractivity contribution < 1.29 is 26.4 Å². The van der Waals surface area contributed by atoms with Gasteiger partial charge in [-0.25, -0.2) is 26.7 Å². The molecule has 10 heteroatoms. The fourth-order valence-corrected chi connectivity index (χ4v) is 2.37. The second kappa shape index (κ2) is 6.89. The summed E-state index contributed by atoms with van der Waals surface area (Å²) >= 11 is 0. The third-order valence-electron chi connectivity index (χ3n) is 1.59. The highest BCUT2D eigenvalue weighted by molar-refractivity contribution is 7.90. The summed E-state index contributed by atoms with van der Waals surface area (Å²) in [6, 6.07) is 0. The van der Waals surface area contributed by atoms with Crippen LogP contribution in [0, 0.1) is 0 Å². The predicted octanol–water partition coefficient (Wildman–Crippen LogP) is -1.85. The number of nitrogens with two attached hydrogens (primary N) is 1. The number of primary sulfonamides is 1. The average molecular weight is 288 g/mol. The second-order valence-electron chi connectivity index (χ2n) is 3.14. The van der Waals surface area contributed by atoms with E-state index in [1.165, 1.54) is 0 Å². The summed E-state index contributed by atoms with van der Waals surface area (Å²) in [4.78, 5) is 10.9. The lowest BCUT2D eigenvalue weighted by atomic mass is 10.5. The molecule has 0 aliphatic heterocycles. The molecule has 0 aromatic rings. The molecule has 0 heterocycles. The van der Waals surface area contributed by atoms with Gasteiger partial charge < -0.3 is 4.74 Å². The van der Waals surface area contributed by atoms with E-state index in [9.17, 15) is 21.6 Å². The van der Waals surface area contributed by atoms with Crippen LogP contribution in [0.15, 0.2) is 0 Å². The van der Waals surface area contributed by atoms with Crippen LogP contribution in [-0.2, 0) is 29.6 Å². The maximum Gasteiger partial charge on any atom is 0.306 e. The molecule has 0 saturated heterocycles. The molecule has 0 fully saturated rings. The number of carbonyl (C=O) groups is 1. The molecule has 0 bridgehead atoms. The Morgan fingerprint density at radius 1 is 1.24 bits per heavy atom. The molecule has 0 aliphatic carbocycles. The summed E-state index contributed by atoms with van der Waals surface area (Å²) in [6.07, 6.45) is -0.279. The van der Waals surface area contributed by atoms with Gasteiger partial charge in [-0.1, -0.05) is 0 Å². The molecular weight excluding hydrogens is 272 g/mol. The van der Waals surface area contributed by atoms with Crippen LogP contribution in [-0.4, -0.2) is 47.5 Å². The lowest BCUT2D eigenvalue weighted by molar-refractivity contribution is -0.142.